The number of carbonyl (C=O) groups excluding carboxylic acids is 1. The van der Waals surface area contributed by atoms with Gasteiger partial charge in [-0.3, -0.25) is 0 Å². The quantitative estimate of drug-likeness (QED) is 0.323. The van der Waals surface area contributed by atoms with E-state index in [4.69, 9.17) is 9.47 Å². The molecule has 1 unspecified atom stereocenters. The van der Waals surface area contributed by atoms with Gasteiger partial charge in [-0.15, -0.1) is 6.58 Å². The van der Waals surface area contributed by atoms with Crippen molar-refractivity contribution < 1.29 is 27.4 Å². The van der Waals surface area contributed by atoms with E-state index < -0.39 is 23.8 Å². The third-order valence-electron chi connectivity index (χ3n) is 2.72. The van der Waals surface area contributed by atoms with Crippen molar-refractivity contribution in [3.05, 3.63) is 60.4 Å². The standard InChI is InChI=1S/C16H17F3O3/c1-3-5-14(22-11-10-15(20)21-4-2)12-6-8-13(9-7-12)16(17,18)19/h3,6-11,14H,1,4-5H2,2H3/b11-10+. The summed E-state index contributed by atoms with van der Waals surface area (Å²) in [6, 6.07) is 4.66. The lowest BCUT2D eigenvalue weighted by atomic mass is 10.0. The molecule has 0 N–H and O–H groups in total. The van der Waals surface area contributed by atoms with Crippen molar-refractivity contribution in [2.45, 2.75) is 25.6 Å². The van der Waals surface area contributed by atoms with Gasteiger partial charge in [0.15, 0.2) is 0 Å². The molecule has 6 heteroatoms. The Morgan fingerprint density at radius 1 is 1.32 bits per heavy atom. The molecule has 0 bridgehead atoms. The molecule has 0 saturated heterocycles. The average molecular weight is 314 g/mol. The van der Waals surface area contributed by atoms with Crippen LogP contribution in [0.3, 0.4) is 0 Å². The molecule has 3 nitrogen and oxygen atoms in total. The fourth-order valence-electron chi connectivity index (χ4n) is 1.69. The van der Waals surface area contributed by atoms with Crippen LogP contribution in [-0.4, -0.2) is 12.6 Å². The number of carbonyl (C=O) groups is 1. The molecule has 1 aromatic rings. The highest BCUT2D eigenvalue weighted by Crippen LogP contribution is 2.31. The minimum absolute atomic E-state index is 0.248. The molecule has 1 rings (SSSR count). The van der Waals surface area contributed by atoms with Crippen LogP contribution < -0.4 is 0 Å². The van der Waals surface area contributed by atoms with E-state index in [0.717, 1.165) is 18.2 Å². The van der Waals surface area contributed by atoms with Crippen LogP contribution in [0.15, 0.2) is 49.3 Å². The van der Waals surface area contributed by atoms with Gasteiger partial charge in [-0.05, 0) is 24.6 Å². The van der Waals surface area contributed by atoms with Gasteiger partial charge in [0.05, 0.1) is 24.5 Å². The van der Waals surface area contributed by atoms with E-state index >= 15 is 0 Å². The molecule has 0 radical (unpaired) electrons. The van der Waals surface area contributed by atoms with Crippen LogP contribution in [0, 0.1) is 0 Å². The molecule has 0 aromatic heterocycles. The number of alkyl halides is 3. The topological polar surface area (TPSA) is 35.5 Å². The Labute approximate surface area is 127 Å². The van der Waals surface area contributed by atoms with Gasteiger partial charge in [0.1, 0.15) is 6.10 Å². The number of hydrogen-bond acceptors (Lipinski definition) is 3. The molecule has 1 aromatic carbocycles. The molecule has 1 atom stereocenters. The molecule has 0 saturated carbocycles. The SMILES string of the molecule is C=CCC(O/C=C/C(=O)OCC)c1ccc(C(F)(F)F)cc1. The van der Waals surface area contributed by atoms with Gasteiger partial charge in [-0.25, -0.2) is 4.79 Å². The number of esters is 1. The number of benzene rings is 1. The van der Waals surface area contributed by atoms with Gasteiger partial charge in [0.25, 0.3) is 0 Å². The Hall–Kier alpha value is -2.24. The van der Waals surface area contributed by atoms with Gasteiger partial charge < -0.3 is 9.47 Å². The van der Waals surface area contributed by atoms with Crippen LogP contribution in [-0.2, 0) is 20.4 Å². The van der Waals surface area contributed by atoms with Crippen LogP contribution in [0.5, 0.6) is 0 Å². The number of hydrogen-bond donors (Lipinski definition) is 0. The van der Waals surface area contributed by atoms with E-state index in [-0.39, 0.29) is 6.61 Å². The van der Waals surface area contributed by atoms with E-state index in [1.807, 2.05) is 0 Å². The van der Waals surface area contributed by atoms with Gasteiger partial charge in [0.2, 0.25) is 0 Å². The highest BCUT2D eigenvalue weighted by molar-refractivity contribution is 5.81. The Morgan fingerprint density at radius 3 is 2.45 bits per heavy atom. The molecule has 0 aliphatic rings. The summed E-state index contributed by atoms with van der Waals surface area (Å²) in [6.07, 6.45) is -0.644. The zero-order valence-electron chi connectivity index (χ0n) is 12.1. The molecule has 22 heavy (non-hydrogen) atoms. The van der Waals surface area contributed by atoms with Gasteiger partial charge in [-0.2, -0.15) is 13.2 Å². The van der Waals surface area contributed by atoms with Crippen molar-refractivity contribution in [1.82, 2.24) is 0 Å². The lowest BCUT2D eigenvalue weighted by molar-refractivity contribution is -0.138. The average Bonchev–Trinajstić information content (AvgIpc) is 2.46. The van der Waals surface area contributed by atoms with Crippen LogP contribution in [0.2, 0.25) is 0 Å². The van der Waals surface area contributed by atoms with Crippen molar-refractivity contribution in [2.24, 2.45) is 0 Å². The van der Waals surface area contributed by atoms with E-state index in [0.29, 0.717) is 12.0 Å². The third kappa shape index (κ3) is 5.63. The fourth-order valence-corrected chi connectivity index (χ4v) is 1.69. The van der Waals surface area contributed by atoms with Gasteiger partial charge >= 0.3 is 12.1 Å². The second-order valence-electron chi connectivity index (χ2n) is 4.32. The maximum atomic E-state index is 12.5. The first-order chi connectivity index (χ1) is 10.4. The zero-order chi connectivity index (χ0) is 16.6. The fraction of sp³-hybridized carbons (Fsp3) is 0.312. The number of ether oxygens (including phenoxy) is 2. The molecule has 120 valence electrons. The zero-order valence-corrected chi connectivity index (χ0v) is 12.1. The molecule has 0 aliphatic heterocycles. The van der Waals surface area contributed by atoms with E-state index in [1.165, 1.54) is 18.4 Å². The summed E-state index contributed by atoms with van der Waals surface area (Å²) in [5, 5.41) is 0. The predicted octanol–water partition coefficient (Wildman–Crippen LogP) is 4.42. The minimum atomic E-state index is -4.38. The second-order valence-corrected chi connectivity index (χ2v) is 4.32. The van der Waals surface area contributed by atoms with Crippen molar-refractivity contribution in [1.29, 1.82) is 0 Å². The molecule has 0 heterocycles. The summed E-state index contributed by atoms with van der Waals surface area (Å²) in [6.45, 7) is 5.50. The summed E-state index contributed by atoms with van der Waals surface area (Å²) in [4.78, 5) is 11.1. The van der Waals surface area contributed by atoms with Crippen LogP contribution in [0.4, 0.5) is 13.2 Å². The largest absolute Gasteiger partial charge is 0.493 e. The number of halogens is 3. The van der Waals surface area contributed by atoms with E-state index in [2.05, 4.69) is 6.58 Å². The second kappa shape index (κ2) is 8.26. The van der Waals surface area contributed by atoms with Crippen LogP contribution in [0.25, 0.3) is 0 Å². The van der Waals surface area contributed by atoms with Crippen LogP contribution in [0.1, 0.15) is 30.6 Å². The molecule has 0 spiro atoms. The first kappa shape index (κ1) is 17.8. The smallest absolute Gasteiger partial charge is 0.416 e. The molecule has 0 aliphatic carbocycles. The third-order valence-corrected chi connectivity index (χ3v) is 2.72. The summed E-state index contributed by atoms with van der Waals surface area (Å²) < 4.78 is 47.6. The summed E-state index contributed by atoms with van der Waals surface area (Å²) in [5.74, 6) is -0.549. The van der Waals surface area contributed by atoms with Gasteiger partial charge in [-0.1, -0.05) is 18.2 Å². The normalized spacial score (nSPS) is 12.9. The molecule has 0 fully saturated rings. The van der Waals surface area contributed by atoms with Crippen LogP contribution >= 0.6 is 0 Å². The Balaban J connectivity index is 2.78. The number of rotatable bonds is 7. The van der Waals surface area contributed by atoms with Crippen molar-refractivity contribution >= 4 is 5.97 Å². The maximum absolute atomic E-state index is 12.5. The Bertz CT molecular complexity index is 518. The lowest BCUT2D eigenvalue weighted by Crippen LogP contribution is -2.06. The molecule has 0 amide bonds. The monoisotopic (exact) mass is 314 g/mol. The Kier molecular flexibility index (Phi) is 6.69. The summed E-state index contributed by atoms with van der Waals surface area (Å²) in [7, 11) is 0. The molecular weight excluding hydrogens is 297 g/mol. The molecular formula is C16H17F3O3. The highest BCUT2D eigenvalue weighted by Gasteiger charge is 2.30. The van der Waals surface area contributed by atoms with Crippen molar-refractivity contribution in [2.75, 3.05) is 6.61 Å². The summed E-state index contributed by atoms with van der Waals surface area (Å²) >= 11 is 0. The highest BCUT2D eigenvalue weighted by atomic mass is 19.4. The van der Waals surface area contributed by atoms with Gasteiger partial charge in [0, 0.05) is 6.42 Å². The lowest BCUT2D eigenvalue weighted by Gasteiger charge is -2.16. The van der Waals surface area contributed by atoms with Crippen molar-refractivity contribution in [3.63, 3.8) is 0 Å². The summed E-state index contributed by atoms with van der Waals surface area (Å²) in [5.41, 5.74) is -0.169. The van der Waals surface area contributed by atoms with Crippen molar-refractivity contribution in [3.8, 4) is 0 Å². The van der Waals surface area contributed by atoms with E-state index in [1.54, 1.807) is 13.0 Å². The minimum Gasteiger partial charge on any atom is -0.493 e. The Morgan fingerprint density at radius 2 is 1.95 bits per heavy atom. The first-order valence-corrected chi connectivity index (χ1v) is 6.65. The first-order valence-electron chi connectivity index (χ1n) is 6.65. The van der Waals surface area contributed by atoms with E-state index in [9.17, 15) is 18.0 Å². The maximum Gasteiger partial charge on any atom is 0.416 e. The predicted molar refractivity (Wildman–Crippen MR) is 75.9 cm³/mol.